The van der Waals surface area contributed by atoms with Gasteiger partial charge in [0.2, 0.25) is 0 Å². The van der Waals surface area contributed by atoms with Gasteiger partial charge in [0.25, 0.3) is 5.91 Å². The van der Waals surface area contributed by atoms with Crippen molar-refractivity contribution in [2.24, 2.45) is 0 Å². The van der Waals surface area contributed by atoms with Gasteiger partial charge in [0, 0.05) is 86.2 Å². The molecule has 2 aliphatic heterocycles. The van der Waals surface area contributed by atoms with Crippen molar-refractivity contribution in [2.75, 3.05) is 44.4 Å². The van der Waals surface area contributed by atoms with E-state index in [1.165, 1.54) is 5.56 Å². The Labute approximate surface area is 354 Å². The molecule has 316 valence electrons. The molecular weight excluding hydrogens is 791 g/mol. The first-order valence-electron chi connectivity index (χ1n) is 21.4. The van der Waals surface area contributed by atoms with Crippen molar-refractivity contribution in [2.45, 2.75) is 84.1 Å². The summed E-state index contributed by atoms with van der Waals surface area (Å²) in [7, 11) is -0.845. The van der Waals surface area contributed by atoms with Crippen molar-refractivity contribution < 1.29 is 18.5 Å². The number of nitrogens with one attached hydrogen (secondary N) is 1. The summed E-state index contributed by atoms with van der Waals surface area (Å²) < 4.78 is 41.3. The Morgan fingerprint density at radius 2 is 1.70 bits per heavy atom. The summed E-state index contributed by atoms with van der Waals surface area (Å²) in [5, 5.41) is 19.5. The van der Waals surface area contributed by atoms with E-state index in [-0.39, 0.29) is 17.4 Å². The zero-order chi connectivity index (χ0) is 43.0. The van der Waals surface area contributed by atoms with E-state index in [1.807, 2.05) is 60.5 Å². The number of imidazole rings is 1. The number of aryl methyl sites for hydroxylation is 2. The Hall–Kier alpha value is -5.70. The van der Waals surface area contributed by atoms with Gasteiger partial charge in [0.05, 0.1) is 45.9 Å². The number of halogens is 1. The fraction of sp³-hybridized carbons (Fsp3) is 0.404. The van der Waals surface area contributed by atoms with Crippen LogP contribution in [0.1, 0.15) is 102 Å². The molecule has 6 heterocycles. The van der Waals surface area contributed by atoms with Crippen LogP contribution in [0.15, 0.2) is 71.9 Å². The van der Waals surface area contributed by atoms with Crippen LogP contribution in [0, 0.1) is 31.0 Å². The third-order valence-electron chi connectivity index (χ3n) is 13.5. The second kappa shape index (κ2) is 15.3. The Bertz CT molecular complexity index is 2860. The fourth-order valence-electron chi connectivity index (χ4n) is 9.73. The van der Waals surface area contributed by atoms with Crippen LogP contribution in [0.5, 0.6) is 0 Å². The second-order valence-corrected chi connectivity index (χ2v) is 20.5. The fourth-order valence-corrected chi connectivity index (χ4v) is 11.8. The predicted molar refractivity (Wildman–Crippen MR) is 236 cm³/mol. The first-order chi connectivity index (χ1) is 29.4. The summed E-state index contributed by atoms with van der Waals surface area (Å²) in [6.07, 6.45) is 10.1. The summed E-state index contributed by atoms with van der Waals surface area (Å²) in [6.45, 7) is 11.1. The standard InChI is InChI=1S/C47H52FN8O4P/c1-7-61(59,8-2)40-10-9-34(27-39(40)50-6)54-19-20-55(46(54)58)44-41-31(5)52(18-12-38(41)51-56(44)36-23-29(3)42(48)30(4)24-36)45(57)37-26-35-25-33(32-13-21-60-22-14-32)11-17-53(35)43(37)47(28-49)15-16-47/h9-11,17,19-20,23-27,31-32,50H,7-8,12-16,18,21-22H2,1-6H3/t31-/m0/s1. The van der Waals surface area contributed by atoms with Crippen molar-refractivity contribution in [3.05, 3.63) is 123 Å². The minimum atomic E-state index is -2.63. The molecule has 2 fully saturated rings. The molecule has 0 unspecified atom stereocenters. The number of nitriles is 1. The maximum absolute atomic E-state index is 15.1. The predicted octanol–water partition coefficient (Wildman–Crippen LogP) is 8.10. The van der Waals surface area contributed by atoms with Gasteiger partial charge >= 0.3 is 5.69 Å². The highest BCUT2D eigenvalue weighted by Gasteiger charge is 2.50. The largest absolute Gasteiger partial charge is 0.387 e. The number of nitrogens with zero attached hydrogens (tertiary/aromatic N) is 7. The van der Waals surface area contributed by atoms with Gasteiger partial charge in [0.1, 0.15) is 18.8 Å². The Balaban J connectivity index is 1.16. The highest BCUT2D eigenvalue weighted by Crippen LogP contribution is 2.50. The minimum Gasteiger partial charge on any atom is -0.387 e. The lowest BCUT2D eigenvalue weighted by Gasteiger charge is -2.34. The van der Waals surface area contributed by atoms with Crippen molar-refractivity contribution >= 4 is 29.6 Å². The molecule has 1 N–H and O–H groups in total. The van der Waals surface area contributed by atoms with Gasteiger partial charge in [-0.15, -0.1) is 0 Å². The Morgan fingerprint density at radius 1 is 1.00 bits per heavy atom. The molecule has 9 rings (SSSR count). The Kier molecular flexibility index (Phi) is 10.2. The van der Waals surface area contributed by atoms with Crippen molar-refractivity contribution in [1.82, 2.24) is 28.2 Å². The normalized spacial score (nSPS) is 17.7. The number of anilines is 1. The summed E-state index contributed by atoms with van der Waals surface area (Å²) in [5.74, 6) is 0.339. The van der Waals surface area contributed by atoms with Gasteiger partial charge in [-0.25, -0.2) is 13.9 Å². The van der Waals surface area contributed by atoms with Crippen molar-refractivity contribution in [1.29, 1.82) is 5.26 Å². The smallest absolute Gasteiger partial charge is 0.338 e. The highest BCUT2D eigenvalue weighted by molar-refractivity contribution is 7.71. The van der Waals surface area contributed by atoms with Crippen LogP contribution in [0.25, 0.3) is 22.7 Å². The molecule has 12 nitrogen and oxygen atoms in total. The molecule has 61 heavy (non-hydrogen) atoms. The van der Waals surface area contributed by atoms with E-state index in [0.717, 1.165) is 48.3 Å². The topological polar surface area (TPSA) is 132 Å². The summed E-state index contributed by atoms with van der Waals surface area (Å²) in [5.41, 5.74) is 6.45. The SMILES string of the molecule is CCP(=O)(CC)c1ccc(-n2ccn(-c3c4c(nn3-c3cc(C)c(F)c(C)c3)CCN(C(=O)c3cc5cc(C6CCOCC6)ccn5c3C3(C#N)CC3)[C@H]4C)c2=O)cc1NC. The number of benzene rings is 2. The third-order valence-corrected chi connectivity index (χ3v) is 16.8. The molecule has 2 aromatic carbocycles. The number of pyridine rings is 1. The van der Waals surface area contributed by atoms with Gasteiger partial charge in [-0.05, 0) is 118 Å². The highest BCUT2D eigenvalue weighted by atomic mass is 31.2. The van der Waals surface area contributed by atoms with E-state index < -0.39 is 18.6 Å². The lowest BCUT2D eigenvalue weighted by molar-refractivity contribution is 0.0675. The van der Waals surface area contributed by atoms with Crippen LogP contribution in [0.2, 0.25) is 0 Å². The number of carbonyl (C=O) groups is 1. The van der Waals surface area contributed by atoms with Gasteiger partial charge in [-0.2, -0.15) is 10.4 Å². The van der Waals surface area contributed by atoms with E-state index in [1.54, 1.807) is 59.2 Å². The first-order valence-corrected chi connectivity index (χ1v) is 23.5. The van der Waals surface area contributed by atoms with Crippen LogP contribution in [0.3, 0.4) is 0 Å². The molecule has 0 spiro atoms. The average molecular weight is 843 g/mol. The molecule has 14 heteroatoms. The number of carbonyl (C=O) groups excluding carboxylic acids is 1. The first kappa shape index (κ1) is 40.7. The molecule has 1 saturated heterocycles. The summed E-state index contributed by atoms with van der Waals surface area (Å²) >= 11 is 0. The van der Waals surface area contributed by atoms with Crippen molar-refractivity contribution in [3.8, 4) is 23.3 Å². The molecule has 0 bridgehead atoms. The number of aromatic nitrogens is 5. The van der Waals surface area contributed by atoms with Crippen LogP contribution in [-0.4, -0.2) is 73.3 Å². The molecule has 1 amide bonds. The minimum absolute atomic E-state index is 0.181. The number of ether oxygens (including phenoxy) is 1. The van der Waals surface area contributed by atoms with E-state index in [2.05, 4.69) is 23.5 Å². The second-order valence-electron chi connectivity index (χ2n) is 16.9. The van der Waals surface area contributed by atoms with E-state index in [4.69, 9.17) is 9.84 Å². The van der Waals surface area contributed by atoms with Crippen LogP contribution in [-0.2, 0) is 21.1 Å². The van der Waals surface area contributed by atoms with Crippen molar-refractivity contribution in [3.63, 3.8) is 0 Å². The molecule has 1 aliphatic carbocycles. The van der Waals surface area contributed by atoms with Gasteiger partial charge < -0.3 is 23.9 Å². The number of hydrogen-bond donors (Lipinski definition) is 1. The zero-order valence-corrected chi connectivity index (χ0v) is 36.6. The molecule has 1 atom stereocenters. The number of hydrogen-bond acceptors (Lipinski definition) is 7. The summed E-state index contributed by atoms with van der Waals surface area (Å²) in [6, 6.07) is 17.2. The van der Waals surface area contributed by atoms with E-state index >= 15 is 9.18 Å². The van der Waals surface area contributed by atoms with E-state index in [9.17, 15) is 14.6 Å². The Morgan fingerprint density at radius 3 is 2.36 bits per heavy atom. The monoisotopic (exact) mass is 842 g/mol. The molecule has 4 aromatic heterocycles. The quantitative estimate of drug-likeness (QED) is 0.138. The molecular formula is C47H52FN8O4P. The maximum Gasteiger partial charge on any atom is 0.338 e. The maximum atomic E-state index is 15.1. The van der Waals surface area contributed by atoms with E-state index in [0.29, 0.717) is 89.2 Å². The van der Waals surface area contributed by atoms with Crippen LogP contribution < -0.4 is 16.3 Å². The van der Waals surface area contributed by atoms with Gasteiger partial charge in [0.15, 0.2) is 0 Å². The van der Waals surface area contributed by atoms with Gasteiger partial charge in [-0.1, -0.05) is 13.8 Å². The van der Waals surface area contributed by atoms with Crippen LogP contribution >= 0.6 is 7.14 Å². The number of fused-ring (bicyclic) bond motifs is 2. The molecule has 1 saturated carbocycles. The lowest BCUT2D eigenvalue weighted by Crippen LogP contribution is -2.40. The average Bonchev–Trinajstić information content (AvgIpc) is 3.61. The lowest BCUT2D eigenvalue weighted by atomic mass is 9.92. The number of rotatable bonds is 10. The van der Waals surface area contributed by atoms with Crippen LogP contribution in [0.4, 0.5) is 10.1 Å². The van der Waals surface area contributed by atoms with Gasteiger partial charge in [-0.3, -0.25) is 13.9 Å². The number of amides is 1. The summed E-state index contributed by atoms with van der Waals surface area (Å²) in [4.78, 5) is 31.7. The third kappa shape index (κ3) is 6.57. The molecule has 6 aromatic rings. The molecule has 3 aliphatic rings. The zero-order valence-electron chi connectivity index (χ0n) is 35.7. The molecule has 0 radical (unpaired) electrons.